The van der Waals surface area contributed by atoms with Gasteiger partial charge in [-0.1, -0.05) is 50.2 Å². The van der Waals surface area contributed by atoms with E-state index < -0.39 is 0 Å². The lowest BCUT2D eigenvalue weighted by Crippen LogP contribution is -2.12. The summed E-state index contributed by atoms with van der Waals surface area (Å²) < 4.78 is 0. The van der Waals surface area contributed by atoms with Crippen LogP contribution in [0.5, 0.6) is 0 Å². The van der Waals surface area contributed by atoms with Crippen LogP contribution in [0.4, 0.5) is 5.69 Å². The lowest BCUT2D eigenvalue weighted by molar-refractivity contribution is -0.105. The van der Waals surface area contributed by atoms with Gasteiger partial charge in [-0.15, -0.1) is 0 Å². The number of aliphatic imine (C=N–C) groups is 1. The summed E-state index contributed by atoms with van der Waals surface area (Å²) in [5, 5.41) is 2.79. The molecule has 0 aliphatic carbocycles. The van der Waals surface area contributed by atoms with Crippen LogP contribution in [0, 0.1) is 0 Å². The molecule has 0 unspecified atom stereocenters. The molecule has 4 nitrogen and oxygen atoms in total. The summed E-state index contributed by atoms with van der Waals surface area (Å²) in [5.74, 6) is 0. The lowest BCUT2D eigenvalue weighted by atomic mass is 9.97. The van der Waals surface area contributed by atoms with E-state index in [2.05, 4.69) is 54.2 Å². The fourth-order valence-electron chi connectivity index (χ4n) is 3.13. The van der Waals surface area contributed by atoms with Gasteiger partial charge in [0.15, 0.2) is 0 Å². The number of hydrogen-bond donors (Lipinski definition) is 1. The topological polar surface area (TPSA) is 44.7 Å². The monoisotopic (exact) mass is 375 g/mol. The molecule has 2 rings (SSSR count). The van der Waals surface area contributed by atoms with Crippen LogP contribution in [0.15, 0.2) is 65.9 Å². The van der Waals surface area contributed by atoms with Crippen LogP contribution in [-0.4, -0.2) is 24.6 Å². The highest BCUT2D eigenvalue weighted by atomic mass is 16.1. The highest BCUT2D eigenvalue weighted by molar-refractivity contribution is 5.90. The maximum absolute atomic E-state index is 10.9. The number of nitrogens with zero attached hydrogens (tertiary/aromatic N) is 2. The summed E-state index contributed by atoms with van der Waals surface area (Å²) in [6.45, 7) is 6.28. The van der Waals surface area contributed by atoms with Crippen LogP contribution in [0.1, 0.15) is 43.9 Å². The van der Waals surface area contributed by atoms with E-state index in [9.17, 15) is 4.79 Å². The summed E-state index contributed by atoms with van der Waals surface area (Å²) in [5.41, 5.74) is 6.49. The van der Waals surface area contributed by atoms with E-state index in [-0.39, 0.29) is 0 Å². The zero-order valence-corrected chi connectivity index (χ0v) is 17.1. The molecule has 0 aliphatic heterocycles. The molecule has 0 saturated heterocycles. The molecule has 0 fully saturated rings. The first kappa shape index (κ1) is 21.2. The average Bonchev–Trinajstić information content (AvgIpc) is 2.73. The standard InChI is InChI=1S/C24H29N3O/c1-5-14-25-15-16-27(4)24(19(3)21-10-8-7-9-11-21)22-12-13-23(26-18-28)20(6-2)17-22/h7-18H,5-6H2,1-4H3,(H,26,28)/b16-15-,24-19+,25-14?. The first-order valence-corrected chi connectivity index (χ1v) is 9.63. The van der Waals surface area contributed by atoms with Crippen LogP contribution in [0.25, 0.3) is 11.3 Å². The molecule has 0 heterocycles. The number of amides is 1. The second-order valence-electron chi connectivity index (χ2n) is 6.48. The molecule has 0 atom stereocenters. The molecule has 1 N–H and O–H groups in total. The van der Waals surface area contributed by atoms with Gasteiger partial charge in [0, 0.05) is 31.3 Å². The molecule has 28 heavy (non-hydrogen) atoms. The van der Waals surface area contributed by atoms with E-state index in [1.54, 1.807) is 0 Å². The number of rotatable bonds is 9. The van der Waals surface area contributed by atoms with Crippen LogP contribution >= 0.6 is 0 Å². The second-order valence-corrected chi connectivity index (χ2v) is 6.48. The highest BCUT2D eigenvalue weighted by Gasteiger charge is 2.13. The number of benzene rings is 2. The zero-order valence-electron chi connectivity index (χ0n) is 17.1. The van der Waals surface area contributed by atoms with Crippen molar-refractivity contribution in [3.8, 4) is 0 Å². The van der Waals surface area contributed by atoms with Crippen molar-refractivity contribution in [3.63, 3.8) is 0 Å². The first-order chi connectivity index (χ1) is 13.6. The Hall–Kier alpha value is -3.14. The Morgan fingerprint density at radius 2 is 1.86 bits per heavy atom. The Labute approximate surface area is 168 Å². The van der Waals surface area contributed by atoms with Gasteiger partial charge in [-0.2, -0.15) is 0 Å². The predicted molar refractivity (Wildman–Crippen MR) is 120 cm³/mol. The van der Waals surface area contributed by atoms with Crippen LogP contribution < -0.4 is 5.32 Å². The number of carbonyl (C=O) groups is 1. The van der Waals surface area contributed by atoms with Crippen molar-refractivity contribution >= 4 is 29.6 Å². The fraction of sp³-hybridized carbons (Fsp3) is 0.250. The smallest absolute Gasteiger partial charge is 0.211 e. The molecule has 2 aromatic rings. The summed E-state index contributed by atoms with van der Waals surface area (Å²) in [4.78, 5) is 17.3. The van der Waals surface area contributed by atoms with Crippen molar-refractivity contribution < 1.29 is 4.79 Å². The van der Waals surface area contributed by atoms with E-state index in [0.29, 0.717) is 0 Å². The number of nitrogens with one attached hydrogen (secondary N) is 1. The predicted octanol–water partition coefficient (Wildman–Crippen LogP) is 5.59. The van der Waals surface area contributed by atoms with Crippen LogP contribution in [-0.2, 0) is 11.2 Å². The Morgan fingerprint density at radius 1 is 1.11 bits per heavy atom. The third-order valence-corrected chi connectivity index (χ3v) is 4.55. The van der Waals surface area contributed by atoms with Gasteiger partial charge >= 0.3 is 0 Å². The van der Waals surface area contributed by atoms with Crippen LogP contribution in [0.3, 0.4) is 0 Å². The van der Waals surface area contributed by atoms with Gasteiger partial charge in [0.05, 0.1) is 5.70 Å². The summed E-state index contributed by atoms with van der Waals surface area (Å²) in [6, 6.07) is 16.5. The lowest BCUT2D eigenvalue weighted by Gasteiger charge is -2.23. The number of carbonyl (C=O) groups excluding carboxylic acids is 1. The van der Waals surface area contributed by atoms with E-state index in [1.165, 1.54) is 11.1 Å². The van der Waals surface area contributed by atoms with Gasteiger partial charge in [-0.05, 0) is 54.2 Å². The third kappa shape index (κ3) is 5.43. The van der Waals surface area contributed by atoms with Crippen molar-refractivity contribution in [1.82, 2.24) is 4.90 Å². The number of anilines is 1. The summed E-state index contributed by atoms with van der Waals surface area (Å²) in [6.07, 6.45) is 8.13. The molecule has 0 aliphatic rings. The van der Waals surface area contributed by atoms with Gasteiger partial charge in [0.1, 0.15) is 0 Å². The van der Waals surface area contributed by atoms with E-state index in [4.69, 9.17) is 0 Å². The van der Waals surface area contributed by atoms with Crippen molar-refractivity contribution in [1.29, 1.82) is 0 Å². The molecule has 0 spiro atoms. The Morgan fingerprint density at radius 3 is 2.50 bits per heavy atom. The normalized spacial score (nSPS) is 12.3. The average molecular weight is 376 g/mol. The van der Waals surface area contributed by atoms with Crippen molar-refractivity contribution in [2.24, 2.45) is 4.99 Å². The third-order valence-electron chi connectivity index (χ3n) is 4.55. The number of aryl methyl sites for hydroxylation is 1. The quantitative estimate of drug-likeness (QED) is 0.353. The molecule has 0 radical (unpaired) electrons. The van der Waals surface area contributed by atoms with Crippen molar-refractivity contribution in [3.05, 3.63) is 77.6 Å². The maximum atomic E-state index is 10.9. The molecule has 0 aromatic heterocycles. The van der Waals surface area contributed by atoms with Crippen LogP contribution in [0.2, 0.25) is 0 Å². The molecule has 0 bridgehead atoms. The van der Waals surface area contributed by atoms with E-state index in [0.717, 1.165) is 41.8 Å². The molecular weight excluding hydrogens is 346 g/mol. The molecule has 0 saturated carbocycles. The number of hydrogen-bond acceptors (Lipinski definition) is 3. The van der Waals surface area contributed by atoms with E-state index >= 15 is 0 Å². The van der Waals surface area contributed by atoms with Gasteiger partial charge in [-0.3, -0.25) is 9.79 Å². The Kier molecular flexibility index (Phi) is 8.22. The number of allylic oxidation sites excluding steroid dienone is 1. The van der Waals surface area contributed by atoms with E-state index in [1.807, 2.05) is 56.0 Å². The van der Waals surface area contributed by atoms with Gasteiger partial charge < -0.3 is 10.2 Å². The molecule has 2 aromatic carbocycles. The maximum Gasteiger partial charge on any atom is 0.211 e. The molecule has 1 amide bonds. The minimum atomic E-state index is 0.723. The largest absolute Gasteiger partial charge is 0.349 e. The molecular formula is C24H29N3O. The summed E-state index contributed by atoms with van der Waals surface area (Å²) >= 11 is 0. The summed E-state index contributed by atoms with van der Waals surface area (Å²) in [7, 11) is 2.03. The minimum absolute atomic E-state index is 0.723. The fourth-order valence-corrected chi connectivity index (χ4v) is 3.13. The van der Waals surface area contributed by atoms with Gasteiger partial charge in [0.25, 0.3) is 0 Å². The van der Waals surface area contributed by atoms with Crippen molar-refractivity contribution in [2.75, 3.05) is 12.4 Å². The Bertz CT molecular complexity index is 867. The van der Waals surface area contributed by atoms with Crippen molar-refractivity contribution in [2.45, 2.75) is 33.6 Å². The molecule has 146 valence electrons. The van der Waals surface area contributed by atoms with Gasteiger partial charge in [0.2, 0.25) is 6.41 Å². The first-order valence-electron chi connectivity index (χ1n) is 9.63. The Balaban J connectivity index is 2.57. The second kappa shape index (κ2) is 10.9. The minimum Gasteiger partial charge on any atom is -0.349 e. The zero-order chi connectivity index (χ0) is 20.4. The highest BCUT2D eigenvalue weighted by Crippen LogP contribution is 2.31. The van der Waals surface area contributed by atoms with Gasteiger partial charge in [-0.25, -0.2) is 0 Å². The molecule has 4 heteroatoms. The SMILES string of the molecule is CCC=N/C=C\N(C)/C(=C(\C)c1ccccc1)c1ccc(NC=O)c(CC)c1.